The van der Waals surface area contributed by atoms with Crippen LogP contribution in [0.15, 0.2) is 72.9 Å². The van der Waals surface area contributed by atoms with Crippen LogP contribution in [0.1, 0.15) is 21.5 Å². The standard InChI is InChI=1S/C24H17Cl2F2N3O2/c25-21-10-9-19(11-22(21)26)29-23(32)20-13-31(12-15-1-5-17(27)6-2-15)30-24(20)33-14-16-3-7-18(28)8-4-16/h1-11,13H,12,14H2,(H,29,32). The van der Waals surface area contributed by atoms with E-state index in [9.17, 15) is 13.6 Å². The van der Waals surface area contributed by atoms with Crippen molar-refractivity contribution in [3.8, 4) is 5.88 Å². The molecule has 0 spiro atoms. The molecule has 0 fully saturated rings. The van der Waals surface area contributed by atoms with Crippen LogP contribution in [0.25, 0.3) is 0 Å². The van der Waals surface area contributed by atoms with E-state index < -0.39 is 5.91 Å². The van der Waals surface area contributed by atoms with Crippen molar-refractivity contribution in [3.05, 3.63) is 111 Å². The zero-order chi connectivity index (χ0) is 23.4. The number of nitrogens with one attached hydrogen (secondary N) is 1. The highest BCUT2D eigenvalue weighted by molar-refractivity contribution is 6.42. The van der Waals surface area contributed by atoms with E-state index >= 15 is 0 Å². The fourth-order valence-electron chi connectivity index (χ4n) is 3.03. The van der Waals surface area contributed by atoms with Gasteiger partial charge in [-0.15, -0.1) is 5.10 Å². The topological polar surface area (TPSA) is 56.2 Å². The smallest absolute Gasteiger partial charge is 0.262 e. The third kappa shape index (κ3) is 5.88. The Morgan fingerprint density at radius 1 is 0.909 bits per heavy atom. The molecule has 0 aliphatic heterocycles. The first-order chi connectivity index (χ1) is 15.9. The number of rotatable bonds is 7. The molecular formula is C24H17Cl2F2N3O2. The van der Waals surface area contributed by atoms with Crippen LogP contribution < -0.4 is 10.1 Å². The lowest BCUT2D eigenvalue weighted by atomic mass is 10.2. The number of nitrogens with zero attached hydrogens (tertiary/aromatic N) is 2. The van der Waals surface area contributed by atoms with Crippen molar-refractivity contribution in [2.75, 3.05) is 5.32 Å². The predicted molar refractivity (Wildman–Crippen MR) is 123 cm³/mol. The van der Waals surface area contributed by atoms with Gasteiger partial charge in [0.15, 0.2) is 0 Å². The maximum absolute atomic E-state index is 13.2. The zero-order valence-corrected chi connectivity index (χ0v) is 18.6. The highest BCUT2D eigenvalue weighted by atomic mass is 35.5. The Morgan fingerprint density at radius 3 is 2.18 bits per heavy atom. The average molecular weight is 488 g/mol. The molecule has 3 aromatic carbocycles. The summed E-state index contributed by atoms with van der Waals surface area (Å²) in [6.07, 6.45) is 1.54. The van der Waals surface area contributed by atoms with Gasteiger partial charge in [-0.05, 0) is 53.6 Å². The summed E-state index contributed by atoms with van der Waals surface area (Å²) in [5, 5.41) is 7.78. The van der Waals surface area contributed by atoms with Gasteiger partial charge in [-0.1, -0.05) is 47.5 Å². The first kappa shape index (κ1) is 22.8. The van der Waals surface area contributed by atoms with Crippen LogP contribution in [0.5, 0.6) is 5.88 Å². The molecule has 4 rings (SSSR count). The van der Waals surface area contributed by atoms with Crippen molar-refractivity contribution in [2.45, 2.75) is 13.2 Å². The van der Waals surface area contributed by atoms with Gasteiger partial charge in [0.05, 0.1) is 16.6 Å². The summed E-state index contributed by atoms with van der Waals surface area (Å²) < 4.78 is 33.7. The summed E-state index contributed by atoms with van der Waals surface area (Å²) in [6, 6.07) is 16.5. The van der Waals surface area contributed by atoms with E-state index in [2.05, 4.69) is 10.4 Å². The number of ether oxygens (including phenoxy) is 1. The van der Waals surface area contributed by atoms with Gasteiger partial charge in [-0.3, -0.25) is 9.48 Å². The molecule has 0 radical (unpaired) electrons. The molecule has 1 heterocycles. The minimum Gasteiger partial charge on any atom is -0.471 e. The molecule has 33 heavy (non-hydrogen) atoms. The summed E-state index contributed by atoms with van der Waals surface area (Å²) in [5.74, 6) is -1.07. The number of halogens is 4. The maximum atomic E-state index is 13.2. The Balaban J connectivity index is 1.58. The van der Waals surface area contributed by atoms with Gasteiger partial charge in [0.2, 0.25) is 5.88 Å². The van der Waals surface area contributed by atoms with Crippen molar-refractivity contribution >= 4 is 34.8 Å². The minimum absolute atomic E-state index is 0.0842. The van der Waals surface area contributed by atoms with Gasteiger partial charge in [0, 0.05) is 11.9 Å². The van der Waals surface area contributed by atoms with Crippen molar-refractivity contribution in [2.24, 2.45) is 0 Å². The molecular weight excluding hydrogens is 471 g/mol. The maximum Gasteiger partial charge on any atom is 0.262 e. The second-order valence-electron chi connectivity index (χ2n) is 7.17. The number of carbonyl (C=O) groups excluding carboxylic acids is 1. The first-order valence-electron chi connectivity index (χ1n) is 9.83. The Morgan fingerprint density at radius 2 is 1.55 bits per heavy atom. The van der Waals surface area contributed by atoms with Crippen LogP contribution in [0.3, 0.4) is 0 Å². The van der Waals surface area contributed by atoms with Crippen LogP contribution in [0, 0.1) is 11.6 Å². The van der Waals surface area contributed by atoms with Gasteiger partial charge in [0.1, 0.15) is 23.8 Å². The van der Waals surface area contributed by atoms with Gasteiger partial charge in [-0.2, -0.15) is 0 Å². The van der Waals surface area contributed by atoms with Gasteiger partial charge < -0.3 is 10.1 Å². The first-order valence-corrected chi connectivity index (χ1v) is 10.6. The van der Waals surface area contributed by atoms with Crippen LogP contribution in [0.2, 0.25) is 10.0 Å². The third-order valence-electron chi connectivity index (χ3n) is 4.70. The Kier molecular flexibility index (Phi) is 6.91. The molecule has 9 heteroatoms. The van der Waals surface area contributed by atoms with E-state index in [0.717, 1.165) is 5.56 Å². The molecule has 168 valence electrons. The van der Waals surface area contributed by atoms with E-state index in [-0.39, 0.29) is 29.7 Å². The van der Waals surface area contributed by atoms with Crippen LogP contribution in [-0.2, 0) is 13.2 Å². The van der Waals surface area contributed by atoms with E-state index in [4.69, 9.17) is 27.9 Å². The van der Waals surface area contributed by atoms with Crippen LogP contribution in [-0.4, -0.2) is 15.7 Å². The van der Waals surface area contributed by atoms with Gasteiger partial charge in [-0.25, -0.2) is 8.78 Å². The summed E-state index contributed by atoms with van der Waals surface area (Å²) in [7, 11) is 0. The third-order valence-corrected chi connectivity index (χ3v) is 5.44. The molecule has 1 aromatic heterocycles. The highest BCUT2D eigenvalue weighted by Gasteiger charge is 2.19. The molecule has 0 saturated carbocycles. The Labute approximate surface area is 198 Å². The van der Waals surface area contributed by atoms with Crippen molar-refractivity contribution in [1.82, 2.24) is 9.78 Å². The summed E-state index contributed by atoms with van der Waals surface area (Å²) in [5.41, 5.74) is 2.14. The zero-order valence-electron chi connectivity index (χ0n) is 17.1. The molecule has 4 aromatic rings. The summed E-state index contributed by atoms with van der Waals surface area (Å²) in [6.45, 7) is 0.383. The molecule has 0 aliphatic rings. The number of benzene rings is 3. The van der Waals surface area contributed by atoms with E-state index in [1.54, 1.807) is 36.4 Å². The number of hydrogen-bond acceptors (Lipinski definition) is 3. The SMILES string of the molecule is O=C(Nc1ccc(Cl)c(Cl)c1)c1cn(Cc2ccc(F)cc2)nc1OCc1ccc(F)cc1. The number of carbonyl (C=O) groups is 1. The molecule has 0 bridgehead atoms. The lowest BCUT2D eigenvalue weighted by molar-refractivity contribution is 0.102. The van der Waals surface area contributed by atoms with Gasteiger partial charge >= 0.3 is 0 Å². The predicted octanol–water partition coefficient (Wildman–Crippen LogP) is 6.35. The normalized spacial score (nSPS) is 10.8. The number of anilines is 1. The number of amides is 1. The number of aromatic nitrogens is 2. The van der Waals surface area contributed by atoms with E-state index in [0.29, 0.717) is 27.8 Å². The second kappa shape index (κ2) is 10.0. The number of hydrogen-bond donors (Lipinski definition) is 1. The lowest BCUT2D eigenvalue weighted by Gasteiger charge is -2.08. The molecule has 0 atom stereocenters. The lowest BCUT2D eigenvalue weighted by Crippen LogP contribution is -2.13. The van der Waals surface area contributed by atoms with Gasteiger partial charge in [0.25, 0.3) is 5.91 Å². The van der Waals surface area contributed by atoms with Crippen molar-refractivity contribution in [3.63, 3.8) is 0 Å². The fraction of sp³-hybridized carbons (Fsp3) is 0.0833. The molecule has 5 nitrogen and oxygen atoms in total. The summed E-state index contributed by atoms with van der Waals surface area (Å²) >= 11 is 12.0. The van der Waals surface area contributed by atoms with E-state index in [1.165, 1.54) is 41.2 Å². The molecule has 0 unspecified atom stereocenters. The van der Waals surface area contributed by atoms with Crippen LogP contribution >= 0.6 is 23.2 Å². The quantitative estimate of drug-likeness (QED) is 0.330. The van der Waals surface area contributed by atoms with Crippen molar-refractivity contribution < 1.29 is 18.3 Å². The molecule has 0 aliphatic carbocycles. The molecule has 1 amide bonds. The Hall–Kier alpha value is -3.42. The van der Waals surface area contributed by atoms with Crippen molar-refractivity contribution in [1.29, 1.82) is 0 Å². The second-order valence-corrected chi connectivity index (χ2v) is 7.98. The average Bonchev–Trinajstić information content (AvgIpc) is 3.20. The molecule has 0 saturated heterocycles. The van der Waals surface area contributed by atoms with E-state index in [1.807, 2.05) is 0 Å². The van der Waals surface area contributed by atoms with Crippen LogP contribution in [0.4, 0.5) is 14.5 Å². The monoisotopic (exact) mass is 487 g/mol. The highest BCUT2D eigenvalue weighted by Crippen LogP contribution is 2.26. The minimum atomic E-state index is -0.465. The summed E-state index contributed by atoms with van der Waals surface area (Å²) in [4.78, 5) is 13.0. The Bertz CT molecular complexity index is 1280. The molecule has 1 N–H and O–H groups in total. The largest absolute Gasteiger partial charge is 0.471 e. The fourth-order valence-corrected chi connectivity index (χ4v) is 3.33.